The van der Waals surface area contributed by atoms with Crippen LogP contribution < -0.4 is 4.90 Å². The van der Waals surface area contributed by atoms with Gasteiger partial charge in [-0.05, 0) is 71.3 Å². The Morgan fingerprint density at radius 3 is 1.95 bits per heavy atom. The molecule has 1 aliphatic heterocycles. The minimum absolute atomic E-state index is 0.240. The summed E-state index contributed by atoms with van der Waals surface area (Å²) < 4.78 is 9.16. The van der Waals surface area contributed by atoms with Gasteiger partial charge in [0, 0.05) is 71.0 Å². The molecule has 6 heteroatoms. The Balaban J connectivity index is 0.965. The van der Waals surface area contributed by atoms with Crippen molar-refractivity contribution in [2.45, 2.75) is 12.0 Å². The molecule has 3 aromatic heterocycles. The van der Waals surface area contributed by atoms with E-state index in [1.807, 2.05) is 72.0 Å². The van der Waals surface area contributed by atoms with Gasteiger partial charge in [0.15, 0.2) is 17.5 Å². The Kier molecular flexibility index (Phi) is 7.16. The van der Waals surface area contributed by atoms with Crippen molar-refractivity contribution in [2.75, 3.05) is 4.90 Å². The summed E-state index contributed by atoms with van der Waals surface area (Å²) in [5.74, 6) is 2.29. The van der Waals surface area contributed by atoms with Crippen LogP contribution in [0, 0.1) is 0 Å². The van der Waals surface area contributed by atoms with Crippen LogP contribution in [0.25, 0.3) is 87.4 Å². The predicted octanol–water partition coefficient (Wildman–Crippen LogP) is 13.5. The fraction of sp³-hybridized carbons (Fsp3) is 0.0392. The highest BCUT2D eigenvalue weighted by Gasteiger charge is 2.37. The number of fused-ring (bicyclic) bond motifs is 9. The van der Waals surface area contributed by atoms with Gasteiger partial charge >= 0.3 is 0 Å². The number of anilines is 2. The zero-order valence-corrected chi connectivity index (χ0v) is 31.4. The van der Waals surface area contributed by atoms with E-state index in [1.54, 1.807) is 0 Å². The number of benzene rings is 7. The van der Waals surface area contributed by atoms with E-state index in [2.05, 4.69) is 126 Å². The number of rotatable bonds is 5. The van der Waals surface area contributed by atoms with Crippen LogP contribution in [0.3, 0.4) is 0 Å². The maximum absolute atomic E-state index is 6.71. The number of furan rings is 1. The molecular weight excluding hydrogens is 717 g/mol. The van der Waals surface area contributed by atoms with Crippen molar-refractivity contribution in [3.63, 3.8) is 0 Å². The van der Waals surface area contributed by atoms with Gasteiger partial charge in [0.2, 0.25) is 0 Å². The van der Waals surface area contributed by atoms with Crippen LogP contribution in [-0.2, 0) is 0 Å². The number of nitrogens with zero attached hydrogens (tertiary/aromatic N) is 4. The van der Waals surface area contributed by atoms with E-state index in [0.29, 0.717) is 23.4 Å². The number of allylic oxidation sites excluding steroid dienone is 2. The summed E-state index contributed by atoms with van der Waals surface area (Å²) in [4.78, 5) is 17.4. The Hall–Kier alpha value is -7.15. The fourth-order valence-electron chi connectivity index (χ4n) is 8.82. The average molecular weight is 749 g/mol. The van der Waals surface area contributed by atoms with Crippen LogP contribution >= 0.6 is 11.3 Å². The molecule has 268 valence electrons. The first-order valence-electron chi connectivity index (χ1n) is 19.3. The van der Waals surface area contributed by atoms with E-state index >= 15 is 0 Å². The molecule has 0 N–H and O–H groups in total. The highest BCUT2D eigenvalue weighted by atomic mass is 32.1. The Morgan fingerprint density at radius 2 is 1.16 bits per heavy atom. The SMILES string of the molecule is C1=CC2c3ccccc3N(c3ccc4c(c3)oc3cc(-c5cccc6sc7ccc(-c8nc(-c9ccccc9)nc(-c9ccccc9)n8)cc7c56)ccc34)C2C=C1. The molecular formula is C51H32N4OS. The van der Waals surface area contributed by atoms with Crippen LogP contribution in [-0.4, -0.2) is 21.0 Å². The van der Waals surface area contributed by atoms with Crippen LogP contribution in [0.4, 0.5) is 11.4 Å². The third kappa shape index (κ3) is 5.18. The van der Waals surface area contributed by atoms with Gasteiger partial charge in [-0.1, -0.05) is 121 Å². The lowest BCUT2D eigenvalue weighted by Gasteiger charge is -2.28. The van der Waals surface area contributed by atoms with Crippen molar-refractivity contribution in [1.82, 2.24) is 15.0 Å². The van der Waals surface area contributed by atoms with Crippen LogP contribution in [0.1, 0.15) is 11.5 Å². The van der Waals surface area contributed by atoms with Gasteiger partial charge < -0.3 is 9.32 Å². The first-order chi connectivity index (χ1) is 28.2. The van der Waals surface area contributed by atoms with Gasteiger partial charge in [-0.2, -0.15) is 0 Å². The molecule has 57 heavy (non-hydrogen) atoms. The molecule has 2 atom stereocenters. The number of thiophene rings is 1. The van der Waals surface area contributed by atoms with Gasteiger partial charge in [-0.15, -0.1) is 11.3 Å². The molecule has 7 aromatic carbocycles. The number of aromatic nitrogens is 3. The van der Waals surface area contributed by atoms with E-state index < -0.39 is 0 Å². The molecule has 5 nitrogen and oxygen atoms in total. The molecule has 12 rings (SSSR count). The molecule has 2 unspecified atom stereocenters. The van der Waals surface area contributed by atoms with Crippen LogP contribution in [0.2, 0.25) is 0 Å². The third-order valence-electron chi connectivity index (χ3n) is 11.5. The Labute approximate surface area is 332 Å². The minimum Gasteiger partial charge on any atom is -0.456 e. The number of hydrogen-bond donors (Lipinski definition) is 0. The second-order valence-corrected chi connectivity index (χ2v) is 15.8. The van der Waals surface area contributed by atoms with Crippen molar-refractivity contribution in [2.24, 2.45) is 0 Å². The van der Waals surface area contributed by atoms with Crippen LogP contribution in [0.5, 0.6) is 0 Å². The van der Waals surface area contributed by atoms with Gasteiger partial charge in [-0.25, -0.2) is 15.0 Å². The van der Waals surface area contributed by atoms with Crippen molar-refractivity contribution in [3.05, 3.63) is 188 Å². The molecule has 0 amide bonds. The number of hydrogen-bond acceptors (Lipinski definition) is 6. The molecule has 4 heterocycles. The first kappa shape index (κ1) is 32.1. The summed E-state index contributed by atoms with van der Waals surface area (Å²) in [6.07, 6.45) is 8.96. The molecule has 0 saturated heterocycles. The summed E-state index contributed by atoms with van der Waals surface area (Å²) in [6.45, 7) is 0. The van der Waals surface area contributed by atoms with Gasteiger partial charge in [0.1, 0.15) is 11.2 Å². The standard InChI is InChI=1S/C51H32N4OS/c1-3-12-31(13-4-1)49-52-50(32-14-5-2-6-15-32)54-51(53-49)34-23-27-46-41(28-34)48-36(18-11-21-47(48)57-46)33-22-25-39-40-26-24-35(30-45(40)56-44(39)29-33)55-42-19-9-7-16-37(42)38-17-8-10-20-43(38)55/h1-30,37,42H. The molecule has 0 bridgehead atoms. The highest BCUT2D eigenvalue weighted by Crippen LogP contribution is 2.49. The lowest BCUT2D eigenvalue weighted by atomic mass is 9.91. The van der Waals surface area contributed by atoms with E-state index in [4.69, 9.17) is 19.4 Å². The maximum Gasteiger partial charge on any atom is 0.164 e. The van der Waals surface area contributed by atoms with Gasteiger partial charge in [0.05, 0.1) is 6.04 Å². The third-order valence-corrected chi connectivity index (χ3v) is 12.6. The Bertz CT molecular complexity index is 3210. The van der Waals surface area contributed by atoms with E-state index in [-0.39, 0.29) is 6.04 Å². The van der Waals surface area contributed by atoms with Crippen molar-refractivity contribution in [3.8, 4) is 45.3 Å². The van der Waals surface area contributed by atoms with Crippen LogP contribution in [0.15, 0.2) is 186 Å². The lowest BCUT2D eigenvalue weighted by Crippen LogP contribution is -2.28. The van der Waals surface area contributed by atoms with E-state index in [0.717, 1.165) is 49.9 Å². The molecule has 10 aromatic rings. The molecule has 1 aliphatic carbocycles. The Morgan fingerprint density at radius 1 is 0.491 bits per heavy atom. The normalized spacial score (nSPS) is 15.9. The van der Waals surface area contributed by atoms with E-state index in [9.17, 15) is 0 Å². The molecule has 0 radical (unpaired) electrons. The molecule has 0 fully saturated rings. The van der Waals surface area contributed by atoms with E-state index in [1.165, 1.54) is 37.0 Å². The highest BCUT2D eigenvalue weighted by molar-refractivity contribution is 7.26. The summed E-state index contributed by atoms with van der Waals surface area (Å²) in [6, 6.07) is 55.7. The first-order valence-corrected chi connectivity index (χ1v) is 20.1. The molecule has 2 aliphatic rings. The average Bonchev–Trinajstić information content (AvgIpc) is 3.95. The zero-order chi connectivity index (χ0) is 37.5. The summed E-state index contributed by atoms with van der Waals surface area (Å²) in [7, 11) is 0. The largest absolute Gasteiger partial charge is 0.456 e. The quantitative estimate of drug-likeness (QED) is 0.175. The predicted molar refractivity (Wildman–Crippen MR) is 235 cm³/mol. The monoisotopic (exact) mass is 748 g/mol. The minimum atomic E-state index is 0.240. The smallest absolute Gasteiger partial charge is 0.164 e. The van der Waals surface area contributed by atoms with Gasteiger partial charge in [0.25, 0.3) is 0 Å². The zero-order valence-electron chi connectivity index (χ0n) is 30.6. The van der Waals surface area contributed by atoms with Crippen molar-refractivity contribution < 1.29 is 4.42 Å². The summed E-state index contributed by atoms with van der Waals surface area (Å²) in [5, 5.41) is 4.63. The summed E-state index contributed by atoms with van der Waals surface area (Å²) in [5.41, 5.74) is 10.7. The molecule has 0 saturated carbocycles. The van der Waals surface area contributed by atoms with Crippen molar-refractivity contribution >= 4 is 64.8 Å². The fourth-order valence-corrected chi connectivity index (χ4v) is 9.93. The topological polar surface area (TPSA) is 55.1 Å². The second kappa shape index (κ2) is 12.7. The molecule has 0 spiro atoms. The van der Waals surface area contributed by atoms with Gasteiger partial charge in [-0.3, -0.25) is 0 Å². The second-order valence-electron chi connectivity index (χ2n) is 14.7. The maximum atomic E-state index is 6.71. The lowest BCUT2D eigenvalue weighted by molar-refractivity contribution is 0.668. The summed E-state index contributed by atoms with van der Waals surface area (Å²) >= 11 is 1.81. The van der Waals surface area contributed by atoms with Crippen molar-refractivity contribution in [1.29, 1.82) is 0 Å². The number of para-hydroxylation sites is 1.